The van der Waals surface area contributed by atoms with Crippen molar-refractivity contribution < 1.29 is 29.6 Å². The number of ether oxygens (including phenoxy) is 1. The summed E-state index contributed by atoms with van der Waals surface area (Å²) in [6, 6.07) is 0. The third-order valence-corrected chi connectivity index (χ3v) is 8.94. The molecule has 0 fully saturated rings. The molecule has 3 N–H and O–H groups in total. The Morgan fingerprint density at radius 2 is 0.778 bits per heavy atom. The van der Waals surface area contributed by atoms with Crippen LogP contribution in [0.15, 0.2) is 0 Å². The molecule has 6 heteroatoms. The van der Waals surface area contributed by atoms with E-state index in [9.17, 15) is 19.8 Å². The van der Waals surface area contributed by atoms with Crippen LogP contribution >= 0.6 is 0 Å². The van der Waals surface area contributed by atoms with Gasteiger partial charge >= 0.3 is 11.9 Å². The Morgan fingerprint density at radius 1 is 0.489 bits per heavy atom. The lowest BCUT2D eigenvalue weighted by atomic mass is 9.94. The van der Waals surface area contributed by atoms with Gasteiger partial charge in [-0.1, -0.05) is 182 Å². The molecule has 45 heavy (non-hydrogen) atoms. The van der Waals surface area contributed by atoms with Crippen molar-refractivity contribution in [2.75, 3.05) is 13.2 Å². The predicted molar refractivity (Wildman–Crippen MR) is 191 cm³/mol. The van der Waals surface area contributed by atoms with Crippen molar-refractivity contribution in [1.29, 1.82) is 0 Å². The van der Waals surface area contributed by atoms with Crippen molar-refractivity contribution in [3.05, 3.63) is 0 Å². The normalized spacial score (nSPS) is 13.1. The minimum atomic E-state index is -0.965. The number of carboxylic acid groups (broad SMARTS) is 1. The monoisotopic (exact) mass is 643 g/mol. The summed E-state index contributed by atoms with van der Waals surface area (Å²) in [7, 11) is 0. The van der Waals surface area contributed by atoms with Crippen LogP contribution in [0.1, 0.15) is 207 Å². The Hall–Kier alpha value is -1.14. The lowest BCUT2D eigenvalue weighted by molar-refractivity contribution is -0.152. The zero-order chi connectivity index (χ0) is 33.8. The number of carboxylic acids is 1. The average Bonchev–Trinajstić information content (AvgIpc) is 3.04. The van der Waals surface area contributed by atoms with Gasteiger partial charge in [-0.3, -0.25) is 9.59 Å². The van der Waals surface area contributed by atoms with Crippen LogP contribution in [0.25, 0.3) is 0 Å². The van der Waals surface area contributed by atoms with Gasteiger partial charge in [-0.05, 0) is 25.7 Å². The number of unbranched alkanes of at least 4 members (excludes halogenated alkanes) is 20. The second kappa shape index (κ2) is 37.3. The van der Waals surface area contributed by atoms with Crippen LogP contribution in [0, 0.1) is 11.8 Å². The van der Waals surface area contributed by atoms with E-state index in [-0.39, 0.29) is 31.0 Å². The highest BCUT2D eigenvalue weighted by atomic mass is 16.5. The maximum absolute atomic E-state index is 12.3. The van der Waals surface area contributed by atoms with E-state index < -0.39 is 12.1 Å². The number of carbonyl (C=O) groups excluding carboxylic acids is 1. The largest absolute Gasteiger partial charge is 0.481 e. The van der Waals surface area contributed by atoms with Gasteiger partial charge in [-0.2, -0.15) is 0 Å². The van der Waals surface area contributed by atoms with Crippen molar-refractivity contribution in [1.82, 2.24) is 0 Å². The molecule has 0 aromatic carbocycles. The summed E-state index contributed by atoms with van der Waals surface area (Å²) in [6.07, 6.45) is 32.2. The van der Waals surface area contributed by atoms with E-state index in [4.69, 9.17) is 9.84 Å². The predicted octanol–water partition coefficient (Wildman–Crippen LogP) is 11.2. The standard InChI is InChI=1S/C21H42O4.C18H36O2/c1-3-5-7-9-10-12-14-16-19(15-13-11-8-6-4-2)21(24)25-18-20(23)17-22;1-3-5-7-9-10-12-14-16-17(18(19)20)15-13-11-8-6-4-2/h19-20,22-23H,3-18H2,1-2H3;17H,3-16H2,1-2H3,(H,19,20). The first kappa shape index (κ1) is 46.0. The molecule has 0 amide bonds. The van der Waals surface area contributed by atoms with E-state index in [0.717, 1.165) is 51.4 Å². The first-order valence-corrected chi connectivity index (χ1v) is 19.6. The Bertz CT molecular complexity index is 610. The second-order valence-electron chi connectivity index (χ2n) is 13.4. The lowest BCUT2D eigenvalue weighted by Gasteiger charge is -2.17. The van der Waals surface area contributed by atoms with Gasteiger partial charge in [-0.25, -0.2) is 0 Å². The summed E-state index contributed by atoms with van der Waals surface area (Å²) in [5.74, 6) is -0.920. The maximum atomic E-state index is 12.3. The van der Waals surface area contributed by atoms with E-state index in [2.05, 4.69) is 27.7 Å². The van der Waals surface area contributed by atoms with Crippen molar-refractivity contribution in [2.24, 2.45) is 11.8 Å². The maximum Gasteiger partial charge on any atom is 0.309 e. The van der Waals surface area contributed by atoms with E-state index in [1.807, 2.05) is 0 Å². The molecule has 3 unspecified atom stereocenters. The van der Waals surface area contributed by atoms with Gasteiger partial charge in [0.2, 0.25) is 0 Å². The zero-order valence-electron chi connectivity index (χ0n) is 30.5. The van der Waals surface area contributed by atoms with Gasteiger partial charge < -0.3 is 20.1 Å². The van der Waals surface area contributed by atoms with Crippen LogP contribution in [0.2, 0.25) is 0 Å². The summed E-state index contributed by atoms with van der Waals surface area (Å²) in [6.45, 7) is 8.40. The van der Waals surface area contributed by atoms with Gasteiger partial charge in [0.1, 0.15) is 12.7 Å². The zero-order valence-corrected chi connectivity index (χ0v) is 30.5. The molecule has 6 nitrogen and oxygen atoms in total. The molecule has 0 rings (SSSR count). The van der Waals surface area contributed by atoms with Gasteiger partial charge in [0, 0.05) is 0 Å². The van der Waals surface area contributed by atoms with Gasteiger partial charge in [-0.15, -0.1) is 0 Å². The van der Waals surface area contributed by atoms with Gasteiger partial charge in [0.25, 0.3) is 0 Å². The molecule has 0 bridgehead atoms. The molecule has 0 saturated heterocycles. The number of carbonyl (C=O) groups is 2. The van der Waals surface area contributed by atoms with Crippen LogP contribution in [0.5, 0.6) is 0 Å². The molecule has 0 aliphatic rings. The molecule has 0 saturated carbocycles. The summed E-state index contributed by atoms with van der Waals surface area (Å²) in [5, 5.41) is 27.4. The fourth-order valence-corrected chi connectivity index (χ4v) is 5.80. The molecular formula is C39H78O6. The topological polar surface area (TPSA) is 104 Å². The SMILES string of the molecule is CCCCCCCCCC(CCCCCCC)C(=O)O.CCCCCCCCCC(CCCCCCC)C(=O)OCC(O)CO. The van der Waals surface area contributed by atoms with Crippen LogP contribution < -0.4 is 0 Å². The van der Waals surface area contributed by atoms with Crippen molar-refractivity contribution in [3.63, 3.8) is 0 Å². The molecule has 0 radical (unpaired) electrons. The average molecular weight is 643 g/mol. The fraction of sp³-hybridized carbons (Fsp3) is 0.949. The summed E-state index contributed by atoms with van der Waals surface area (Å²) in [4.78, 5) is 23.5. The van der Waals surface area contributed by atoms with Crippen LogP contribution in [-0.4, -0.2) is 46.6 Å². The number of aliphatic hydroxyl groups excluding tert-OH is 2. The molecule has 0 spiro atoms. The van der Waals surface area contributed by atoms with E-state index in [1.165, 1.54) is 128 Å². The molecule has 0 heterocycles. The highest BCUT2D eigenvalue weighted by Gasteiger charge is 2.20. The van der Waals surface area contributed by atoms with Crippen molar-refractivity contribution in [3.8, 4) is 0 Å². The van der Waals surface area contributed by atoms with E-state index in [0.29, 0.717) is 0 Å². The Balaban J connectivity index is 0. The summed E-state index contributed by atoms with van der Waals surface area (Å²) in [5.41, 5.74) is 0. The minimum absolute atomic E-state index is 0.0526. The molecule has 0 aliphatic heterocycles. The third-order valence-electron chi connectivity index (χ3n) is 8.94. The Kier molecular flexibility index (Phi) is 38.1. The molecule has 0 aromatic rings. The molecular weight excluding hydrogens is 564 g/mol. The third kappa shape index (κ3) is 34.0. The quantitative estimate of drug-likeness (QED) is 0.0486. The summed E-state index contributed by atoms with van der Waals surface area (Å²) >= 11 is 0. The first-order chi connectivity index (χ1) is 21.9. The lowest BCUT2D eigenvalue weighted by Crippen LogP contribution is -2.25. The molecule has 0 aliphatic carbocycles. The highest BCUT2D eigenvalue weighted by molar-refractivity contribution is 5.72. The first-order valence-electron chi connectivity index (χ1n) is 19.6. The number of aliphatic hydroxyl groups is 2. The molecule has 270 valence electrons. The molecule has 3 atom stereocenters. The van der Waals surface area contributed by atoms with Crippen LogP contribution in [0.3, 0.4) is 0 Å². The summed E-state index contributed by atoms with van der Waals surface area (Å²) < 4.78 is 5.20. The van der Waals surface area contributed by atoms with Gasteiger partial charge in [0.15, 0.2) is 0 Å². The number of rotatable bonds is 33. The smallest absolute Gasteiger partial charge is 0.309 e. The van der Waals surface area contributed by atoms with Gasteiger partial charge in [0.05, 0.1) is 18.4 Å². The van der Waals surface area contributed by atoms with E-state index in [1.54, 1.807) is 0 Å². The van der Waals surface area contributed by atoms with Crippen LogP contribution in [0.4, 0.5) is 0 Å². The second-order valence-corrected chi connectivity index (χ2v) is 13.4. The Labute approximate surface area is 279 Å². The van der Waals surface area contributed by atoms with Crippen molar-refractivity contribution >= 4 is 11.9 Å². The minimum Gasteiger partial charge on any atom is -0.481 e. The van der Waals surface area contributed by atoms with Crippen LogP contribution in [-0.2, 0) is 14.3 Å². The number of hydrogen-bond donors (Lipinski definition) is 3. The van der Waals surface area contributed by atoms with E-state index >= 15 is 0 Å². The number of aliphatic carboxylic acids is 1. The van der Waals surface area contributed by atoms with Crippen molar-refractivity contribution in [2.45, 2.75) is 214 Å². The molecule has 0 aromatic heterocycles. The number of esters is 1. The highest BCUT2D eigenvalue weighted by Crippen LogP contribution is 2.21. The number of hydrogen-bond acceptors (Lipinski definition) is 5. The fourth-order valence-electron chi connectivity index (χ4n) is 5.80. The Morgan fingerprint density at radius 3 is 1.07 bits per heavy atom.